The summed E-state index contributed by atoms with van der Waals surface area (Å²) in [5.74, 6) is 0.0270. The molecule has 0 unspecified atom stereocenters. The number of hydrogen-bond donors (Lipinski definition) is 2. The van der Waals surface area contributed by atoms with Gasteiger partial charge in [0.05, 0.1) is 0 Å². The third-order valence-corrected chi connectivity index (χ3v) is 5.65. The van der Waals surface area contributed by atoms with E-state index in [4.69, 9.17) is 4.74 Å². The predicted octanol–water partition coefficient (Wildman–Crippen LogP) is 3.81. The summed E-state index contributed by atoms with van der Waals surface area (Å²) in [7, 11) is 1.65. The normalized spacial score (nSPS) is 14.9. The van der Waals surface area contributed by atoms with Crippen LogP contribution in [0.25, 0.3) is 0 Å². The summed E-state index contributed by atoms with van der Waals surface area (Å²) >= 11 is 0. The number of ether oxygens (including phenoxy) is 1. The zero-order valence-electron chi connectivity index (χ0n) is 18.2. The lowest BCUT2D eigenvalue weighted by Crippen LogP contribution is -2.54. The Labute approximate surface area is 198 Å². The van der Waals surface area contributed by atoms with Crippen molar-refractivity contribution in [2.45, 2.75) is 38.0 Å². The van der Waals surface area contributed by atoms with Crippen molar-refractivity contribution in [1.82, 2.24) is 15.5 Å². The molecule has 1 aliphatic heterocycles. The van der Waals surface area contributed by atoms with Crippen LogP contribution in [-0.2, 0) is 22.6 Å². The van der Waals surface area contributed by atoms with Gasteiger partial charge in [-0.3, -0.25) is 9.69 Å². The van der Waals surface area contributed by atoms with Crippen LogP contribution in [0.3, 0.4) is 0 Å². The van der Waals surface area contributed by atoms with Gasteiger partial charge in [-0.25, -0.2) is 0 Å². The Bertz CT molecular complexity index is 700. The summed E-state index contributed by atoms with van der Waals surface area (Å²) in [4.78, 5) is 15.1. The van der Waals surface area contributed by atoms with Gasteiger partial charge in [0.25, 0.3) is 5.91 Å². The number of nitrogens with zero attached hydrogens (tertiary/aromatic N) is 1. The second-order valence-corrected chi connectivity index (χ2v) is 7.74. The molecule has 0 aromatic heterocycles. The molecule has 0 radical (unpaired) electrons. The maximum absolute atomic E-state index is 12.7. The molecule has 1 saturated heterocycles. The number of halogens is 2. The number of methoxy groups -OCH3 is 1. The third-order valence-electron chi connectivity index (χ3n) is 5.65. The van der Waals surface area contributed by atoms with Crippen LogP contribution in [-0.4, -0.2) is 49.7 Å². The highest BCUT2D eigenvalue weighted by atomic mass is 35.5. The van der Waals surface area contributed by atoms with E-state index in [-0.39, 0.29) is 30.7 Å². The van der Waals surface area contributed by atoms with E-state index in [0.29, 0.717) is 6.54 Å². The van der Waals surface area contributed by atoms with Crippen molar-refractivity contribution in [3.8, 4) is 0 Å². The molecule has 0 atom stereocenters. The van der Waals surface area contributed by atoms with Crippen LogP contribution >= 0.6 is 24.8 Å². The van der Waals surface area contributed by atoms with E-state index in [1.807, 2.05) is 12.1 Å². The molecular weight excluding hydrogens is 433 g/mol. The average molecular weight is 468 g/mol. The largest absolute Gasteiger partial charge is 0.368 e. The van der Waals surface area contributed by atoms with Crippen LogP contribution in [0.1, 0.15) is 30.4 Å². The van der Waals surface area contributed by atoms with E-state index >= 15 is 0 Å². The molecule has 0 saturated carbocycles. The van der Waals surface area contributed by atoms with Gasteiger partial charge >= 0.3 is 0 Å². The van der Waals surface area contributed by atoms with Crippen LogP contribution in [0, 0.1) is 0 Å². The average Bonchev–Trinajstić information content (AvgIpc) is 2.78. The maximum atomic E-state index is 12.7. The zero-order valence-corrected chi connectivity index (χ0v) is 19.9. The first-order chi connectivity index (χ1) is 14.2. The molecule has 1 aliphatic rings. The fourth-order valence-corrected chi connectivity index (χ4v) is 3.92. The first-order valence-corrected chi connectivity index (χ1v) is 10.6. The Morgan fingerprint density at radius 3 is 1.97 bits per heavy atom. The van der Waals surface area contributed by atoms with E-state index in [9.17, 15) is 4.79 Å². The van der Waals surface area contributed by atoms with E-state index < -0.39 is 5.60 Å². The van der Waals surface area contributed by atoms with Crippen molar-refractivity contribution in [3.05, 3.63) is 71.8 Å². The number of rotatable bonds is 10. The molecular formula is C24H35Cl2N3O2. The summed E-state index contributed by atoms with van der Waals surface area (Å²) in [6.45, 7) is 5.03. The SMILES string of the molecule is COC1(C(=O)NCCCN(Cc2ccccc2)Cc2ccccc2)CCNCC1.Cl.Cl. The summed E-state index contributed by atoms with van der Waals surface area (Å²) in [6, 6.07) is 21.1. The van der Waals surface area contributed by atoms with Crippen molar-refractivity contribution >= 4 is 30.7 Å². The van der Waals surface area contributed by atoms with Crippen LogP contribution in [0.4, 0.5) is 0 Å². The standard InChI is InChI=1S/C24H33N3O2.2ClH/c1-29-24(13-16-25-17-14-24)23(28)26-15-8-18-27(19-21-9-4-2-5-10-21)20-22-11-6-3-7-12-22;;/h2-7,9-12,25H,8,13-20H2,1H3,(H,26,28);2*1H. The molecule has 5 nitrogen and oxygen atoms in total. The summed E-state index contributed by atoms with van der Waals surface area (Å²) in [5.41, 5.74) is 1.94. The third kappa shape index (κ3) is 8.43. The van der Waals surface area contributed by atoms with E-state index in [1.165, 1.54) is 11.1 Å². The minimum atomic E-state index is -0.668. The molecule has 172 valence electrons. The van der Waals surface area contributed by atoms with Crippen LogP contribution < -0.4 is 10.6 Å². The molecule has 7 heteroatoms. The Morgan fingerprint density at radius 2 is 1.48 bits per heavy atom. The van der Waals surface area contributed by atoms with Gasteiger partial charge in [0.1, 0.15) is 5.60 Å². The lowest BCUT2D eigenvalue weighted by atomic mass is 9.91. The van der Waals surface area contributed by atoms with Gasteiger partial charge in [0, 0.05) is 33.3 Å². The van der Waals surface area contributed by atoms with E-state index in [1.54, 1.807) is 7.11 Å². The molecule has 1 amide bonds. The Morgan fingerprint density at radius 1 is 0.968 bits per heavy atom. The monoisotopic (exact) mass is 467 g/mol. The van der Waals surface area contributed by atoms with Crippen molar-refractivity contribution < 1.29 is 9.53 Å². The molecule has 1 fully saturated rings. The second kappa shape index (κ2) is 14.4. The molecule has 2 aromatic carbocycles. The summed E-state index contributed by atoms with van der Waals surface area (Å²) < 4.78 is 5.61. The van der Waals surface area contributed by atoms with Crippen LogP contribution in [0.5, 0.6) is 0 Å². The van der Waals surface area contributed by atoms with E-state index in [0.717, 1.165) is 52.0 Å². The maximum Gasteiger partial charge on any atom is 0.252 e. The van der Waals surface area contributed by atoms with Gasteiger partial charge in [0.15, 0.2) is 0 Å². The van der Waals surface area contributed by atoms with Crippen molar-refractivity contribution in [2.75, 3.05) is 33.3 Å². The van der Waals surface area contributed by atoms with Crippen molar-refractivity contribution in [1.29, 1.82) is 0 Å². The van der Waals surface area contributed by atoms with Crippen LogP contribution in [0.2, 0.25) is 0 Å². The predicted molar refractivity (Wildman–Crippen MR) is 131 cm³/mol. The van der Waals surface area contributed by atoms with Gasteiger partial charge < -0.3 is 15.4 Å². The fourth-order valence-electron chi connectivity index (χ4n) is 3.92. The van der Waals surface area contributed by atoms with Gasteiger partial charge in [-0.05, 0) is 43.5 Å². The summed E-state index contributed by atoms with van der Waals surface area (Å²) in [5, 5.41) is 6.40. The molecule has 0 spiro atoms. The molecule has 1 heterocycles. The number of carbonyl (C=O) groups excluding carboxylic acids is 1. The number of carbonyl (C=O) groups is 1. The lowest BCUT2D eigenvalue weighted by Gasteiger charge is -2.34. The molecule has 31 heavy (non-hydrogen) atoms. The highest BCUT2D eigenvalue weighted by Gasteiger charge is 2.39. The summed E-state index contributed by atoms with van der Waals surface area (Å²) in [6.07, 6.45) is 2.36. The molecule has 0 aliphatic carbocycles. The second-order valence-electron chi connectivity index (χ2n) is 7.74. The first kappa shape index (κ1) is 27.4. The highest BCUT2D eigenvalue weighted by molar-refractivity contribution is 5.86. The quantitative estimate of drug-likeness (QED) is 0.521. The van der Waals surface area contributed by atoms with Gasteiger partial charge in [-0.2, -0.15) is 0 Å². The Balaban J connectivity index is 0.00000240. The number of nitrogens with one attached hydrogen (secondary N) is 2. The Hall–Kier alpha value is -1.63. The fraction of sp³-hybridized carbons (Fsp3) is 0.458. The Kier molecular flexibility index (Phi) is 12.8. The van der Waals surface area contributed by atoms with Gasteiger partial charge in [-0.1, -0.05) is 60.7 Å². The molecule has 2 N–H and O–H groups in total. The van der Waals surface area contributed by atoms with Crippen molar-refractivity contribution in [2.24, 2.45) is 0 Å². The highest BCUT2D eigenvalue weighted by Crippen LogP contribution is 2.22. The topological polar surface area (TPSA) is 53.6 Å². The van der Waals surface area contributed by atoms with Gasteiger partial charge in [-0.15, -0.1) is 24.8 Å². The minimum Gasteiger partial charge on any atom is -0.368 e. The zero-order chi connectivity index (χ0) is 20.4. The molecule has 0 bridgehead atoms. The molecule has 3 rings (SSSR count). The van der Waals surface area contributed by atoms with Crippen LogP contribution in [0.15, 0.2) is 60.7 Å². The van der Waals surface area contributed by atoms with Crippen molar-refractivity contribution in [3.63, 3.8) is 0 Å². The number of amides is 1. The smallest absolute Gasteiger partial charge is 0.252 e. The first-order valence-electron chi connectivity index (χ1n) is 10.6. The molecule has 2 aromatic rings. The van der Waals surface area contributed by atoms with Gasteiger partial charge in [0.2, 0.25) is 0 Å². The number of hydrogen-bond acceptors (Lipinski definition) is 4. The minimum absolute atomic E-state index is 0. The number of piperidine rings is 1. The lowest BCUT2D eigenvalue weighted by molar-refractivity contribution is -0.146. The number of benzene rings is 2. The van der Waals surface area contributed by atoms with E-state index in [2.05, 4.69) is 64.1 Å².